The predicted octanol–water partition coefficient (Wildman–Crippen LogP) is 9.05. The van der Waals surface area contributed by atoms with Crippen LogP contribution in [0, 0.1) is 34.6 Å². The molecule has 0 saturated carbocycles. The highest BCUT2D eigenvalue weighted by Crippen LogP contribution is 2.32. The van der Waals surface area contributed by atoms with E-state index in [4.69, 9.17) is 49.0 Å². The van der Waals surface area contributed by atoms with E-state index in [1.54, 1.807) is 47.4 Å². The summed E-state index contributed by atoms with van der Waals surface area (Å²) >= 11 is 18.8. The van der Waals surface area contributed by atoms with Gasteiger partial charge in [0.2, 0.25) is 17.7 Å². The number of thiophene rings is 1. The monoisotopic (exact) mass is 827 g/mol. The molecule has 3 unspecified atom stereocenters. The van der Waals surface area contributed by atoms with Crippen LogP contribution in [0.2, 0.25) is 0 Å². The summed E-state index contributed by atoms with van der Waals surface area (Å²) in [6.45, 7) is 19.5. The zero-order valence-corrected chi connectivity index (χ0v) is 37.1. The quantitative estimate of drug-likeness (QED) is 0.134. The van der Waals surface area contributed by atoms with Gasteiger partial charge < -0.3 is 28.9 Å². The number of methoxy groups -OCH3 is 3. The largest absolute Gasteiger partial charge is 0.383 e. The van der Waals surface area contributed by atoms with Crippen molar-refractivity contribution < 1.29 is 28.6 Å². The van der Waals surface area contributed by atoms with Gasteiger partial charge in [0, 0.05) is 31.9 Å². The summed E-state index contributed by atoms with van der Waals surface area (Å²) < 4.78 is 15.4. The summed E-state index contributed by atoms with van der Waals surface area (Å²) in [5.41, 5.74) is 8.36. The lowest BCUT2D eigenvalue weighted by Gasteiger charge is -2.31. The molecule has 302 valence electrons. The number of hydrogen-bond acceptors (Lipinski definition) is 7. The lowest BCUT2D eigenvalue weighted by molar-refractivity contribution is -0.117. The van der Waals surface area contributed by atoms with Crippen LogP contribution in [0.1, 0.15) is 60.4 Å². The Morgan fingerprint density at radius 1 is 0.593 bits per heavy atom. The molecule has 13 heteroatoms. The standard InChI is InChI=1S/C15H22ClNO2.C14H20ClNO2.C12H18ClNO2S/c1-5-13-8-6-7-11(2)15(13)17(14(18)9-16)12(3)10-19-4;1-10-6-5-7-11(2)14(10)16(13(17)8-15)12(3)9-18-4;1-8-7-17-10(3)12(8)14(11(15)5-13)9(2)6-16-4/h6-8,12H,5,9-10H2,1-4H3;5-7,12H,8-9H2,1-4H3;7,9H,5-6H2,1-4H3. The van der Waals surface area contributed by atoms with Crippen LogP contribution in [0.5, 0.6) is 0 Å². The van der Waals surface area contributed by atoms with Crippen molar-refractivity contribution in [2.24, 2.45) is 0 Å². The van der Waals surface area contributed by atoms with Crippen molar-refractivity contribution in [1.82, 2.24) is 0 Å². The van der Waals surface area contributed by atoms with E-state index in [2.05, 4.69) is 18.4 Å². The molecule has 0 spiro atoms. The highest BCUT2D eigenvalue weighted by atomic mass is 35.5. The second-order valence-electron chi connectivity index (χ2n) is 13.1. The number of aryl methyl sites for hydroxylation is 6. The number of alkyl halides is 3. The summed E-state index contributed by atoms with van der Waals surface area (Å²) in [6.07, 6.45) is 0.878. The average molecular weight is 829 g/mol. The van der Waals surface area contributed by atoms with Crippen molar-refractivity contribution in [3.8, 4) is 0 Å². The van der Waals surface area contributed by atoms with Gasteiger partial charge in [-0.25, -0.2) is 0 Å². The minimum absolute atomic E-state index is 0.0111. The normalized spacial score (nSPS) is 12.4. The van der Waals surface area contributed by atoms with Crippen molar-refractivity contribution in [3.63, 3.8) is 0 Å². The number of carbonyl (C=O) groups excluding carboxylic acids is 3. The van der Waals surface area contributed by atoms with E-state index in [9.17, 15) is 14.4 Å². The maximum Gasteiger partial charge on any atom is 0.242 e. The van der Waals surface area contributed by atoms with Crippen molar-refractivity contribution >= 4 is 80.9 Å². The molecule has 3 amide bonds. The number of carbonyl (C=O) groups is 3. The van der Waals surface area contributed by atoms with Gasteiger partial charge in [0.15, 0.2) is 0 Å². The summed E-state index contributed by atoms with van der Waals surface area (Å²) in [5, 5.41) is 2.05. The molecule has 0 N–H and O–H groups in total. The molecule has 9 nitrogen and oxygen atoms in total. The summed E-state index contributed by atoms with van der Waals surface area (Å²) in [6, 6.07) is 12.0. The Hall–Kier alpha value is -2.70. The van der Waals surface area contributed by atoms with Gasteiger partial charge in [0.25, 0.3) is 0 Å². The zero-order valence-electron chi connectivity index (χ0n) is 34.1. The Morgan fingerprint density at radius 2 is 0.944 bits per heavy atom. The fourth-order valence-corrected chi connectivity index (χ4v) is 7.60. The van der Waals surface area contributed by atoms with Gasteiger partial charge >= 0.3 is 0 Å². The third kappa shape index (κ3) is 13.8. The van der Waals surface area contributed by atoms with Crippen molar-refractivity contribution in [2.75, 3.05) is 73.5 Å². The van der Waals surface area contributed by atoms with Gasteiger partial charge in [-0.2, -0.15) is 0 Å². The molecule has 1 aromatic heterocycles. The van der Waals surface area contributed by atoms with E-state index in [1.165, 1.54) is 0 Å². The maximum absolute atomic E-state index is 12.2. The van der Waals surface area contributed by atoms with Gasteiger partial charge in [0.1, 0.15) is 17.6 Å². The molecule has 3 aromatic rings. The number of rotatable bonds is 16. The highest BCUT2D eigenvalue weighted by Gasteiger charge is 2.27. The lowest BCUT2D eigenvalue weighted by atomic mass is 10.0. The number of anilines is 3. The lowest BCUT2D eigenvalue weighted by Crippen LogP contribution is -2.43. The first-order chi connectivity index (χ1) is 25.6. The molecule has 0 aliphatic rings. The molecule has 3 atom stereocenters. The summed E-state index contributed by atoms with van der Waals surface area (Å²) in [4.78, 5) is 42.6. The average Bonchev–Trinajstić information content (AvgIpc) is 3.47. The first kappa shape index (κ1) is 49.3. The molecule has 0 bridgehead atoms. The Morgan fingerprint density at radius 3 is 1.28 bits per heavy atom. The maximum atomic E-state index is 12.2. The molecule has 0 fully saturated rings. The number of nitrogens with zero attached hydrogens (tertiary/aromatic N) is 3. The van der Waals surface area contributed by atoms with E-state index >= 15 is 0 Å². The van der Waals surface area contributed by atoms with Crippen LogP contribution in [0.4, 0.5) is 17.1 Å². The number of ether oxygens (including phenoxy) is 3. The highest BCUT2D eigenvalue weighted by molar-refractivity contribution is 7.10. The molecule has 0 radical (unpaired) electrons. The molecule has 0 saturated heterocycles. The third-order valence-electron chi connectivity index (χ3n) is 8.68. The Bertz CT molecular complexity index is 1580. The number of hydrogen-bond donors (Lipinski definition) is 0. The van der Waals surface area contributed by atoms with E-state index in [0.717, 1.165) is 56.2 Å². The number of halogens is 3. The number of para-hydroxylation sites is 2. The van der Waals surface area contributed by atoms with Crippen LogP contribution in [0.25, 0.3) is 0 Å². The Kier molecular flexibility index (Phi) is 23.2. The van der Waals surface area contributed by atoms with Gasteiger partial charge in [-0.15, -0.1) is 46.1 Å². The molecule has 2 aromatic carbocycles. The Labute approximate surface area is 342 Å². The molecule has 3 rings (SSSR count). The van der Waals surface area contributed by atoms with E-state index < -0.39 is 0 Å². The van der Waals surface area contributed by atoms with E-state index in [0.29, 0.717) is 19.8 Å². The fraction of sp³-hybridized carbons (Fsp3) is 0.537. The van der Waals surface area contributed by atoms with Gasteiger partial charge in [0.05, 0.1) is 49.3 Å². The van der Waals surface area contributed by atoms with Gasteiger partial charge in [-0.3, -0.25) is 14.4 Å². The van der Waals surface area contributed by atoms with Crippen molar-refractivity contribution in [1.29, 1.82) is 0 Å². The predicted molar refractivity (Wildman–Crippen MR) is 229 cm³/mol. The molecule has 54 heavy (non-hydrogen) atoms. The smallest absolute Gasteiger partial charge is 0.242 e. The molecular weight excluding hydrogens is 769 g/mol. The van der Waals surface area contributed by atoms with Crippen molar-refractivity contribution in [2.45, 2.75) is 86.9 Å². The van der Waals surface area contributed by atoms with Crippen LogP contribution < -0.4 is 14.7 Å². The van der Waals surface area contributed by atoms with Crippen LogP contribution >= 0.6 is 46.1 Å². The first-order valence-electron chi connectivity index (χ1n) is 17.9. The fourth-order valence-electron chi connectivity index (χ4n) is 6.37. The van der Waals surface area contributed by atoms with E-state index in [-0.39, 0.29) is 53.5 Å². The second-order valence-corrected chi connectivity index (χ2v) is 15.0. The third-order valence-corrected chi connectivity index (χ3v) is 10.4. The SMILES string of the molecule is CCc1cccc(C)c1N(C(=O)CCl)C(C)COC.COCC(C)N(C(=O)CCl)c1c(C)cccc1C.COCC(C)N(C(=O)CCl)c1c(C)csc1C. The minimum Gasteiger partial charge on any atom is -0.383 e. The molecule has 1 heterocycles. The number of benzene rings is 2. The van der Waals surface area contributed by atoms with Gasteiger partial charge in [-0.05, 0) is 95.0 Å². The van der Waals surface area contributed by atoms with Crippen LogP contribution in [-0.2, 0) is 35.0 Å². The van der Waals surface area contributed by atoms with Crippen molar-refractivity contribution in [3.05, 3.63) is 74.5 Å². The van der Waals surface area contributed by atoms with Crippen LogP contribution in [0.3, 0.4) is 0 Å². The Balaban J connectivity index is 0.000000406. The summed E-state index contributed by atoms with van der Waals surface area (Å²) in [5.74, 6) is -0.328. The minimum atomic E-state index is -0.0985. The summed E-state index contributed by atoms with van der Waals surface area (Å²) in [7, 11) is 4.90. The zero-order chi connectivity index (χ0) is 41.1. The van der Waals surface area contributed by atoms with Crippen LogP contribution in [0.15, 0.2) is 41.8 Å². The number of amides is 3. The van der Waals surface area contributed by atoms with Crippen LogP contribution in [-0.4, -0.2) is 94.6 Å². The van der Waals surface area contributed by atoms with Gasteiger partial charge in [-0.1, -0.05) is 43.3 Å². The molecule has 0 aliphatic carbocycles. The molecule has 0 aliphatic heterocycles. The first-order valence-corrected chi connectivity index (χ1v) is 20.4. The van der Waals surface area contributed by atoms with E-state index in [1.807, 2.05) is 85.7 Å². The second kappa shape index (κ2) is 25.5. The topological polar surface area (TPSA) is 88.6 Å². The molecular formula is C41H60Cl3N3O6S.